The predicted octanol–water partition coefficient (Wildman–Crippen LogP) is 3.61. The topological polar surface area (TPSA) is 50.2 Å². The van der Waals surface area contributed by atoms with E-state index in [1.807, 2.05) is 6.07 Å². The standard InChI is InChI=1S/C13H13NO2S2/c15-8-5-6-9-12(7-8)18-13(14-9)17-11-4-2-1-3-10(11)16/h5-7,11,15H,1-4H2. The number of benzene rings is 1. The minimum absolute atomic E-state index is 0.0768. The molecule has 1 aliphatic carbocycles. The molecule has 0 radical (unpaired) electrons. The lowest BCUT2D eigenvalue weighted by Crippen LogP contribution is -2.20. The Bertz CT molecular complexity index is 594. The van der Waals surface area contributed by atoms with Gasteiger partial charge in [0.05, 0.1) is 15.5 Å². The van der Waals surface area contributed by atoms with Crippen LogP contribution in [0.1, 0.15) is 25.7 Å². The third kappa shape index (κ3) is 2.37. The van der Waals surface area contributed by atoms with Crippen LogP contribution in [0.5, 0.6) is 5.75 Å². The summed E-state index contributed by atoms with van der Waals surface area (Å²) in [4.78, 5) is 16.3. The van der Waals surface area contributed by atoms with Crippen LogP contribution < -0.4 is 0 Å². The van der Waals surface area contributed by atoms with Crippen molar-refractivity contribution in [1.29, 1.82) is 0 Å². The first-order valence-electron chi connectivity index (χ1n) is 6.01. The van der Waals surface area contributed by atoms with Gasteiger partial charge in [-0.3, -0.25) is 4.79 Å². The van der Waals surface area contributed by atoms with Gasteiger partial charge in [0.25, 0.3) is 0 Å². The van der Waals surface area contributed by atoms with Gasteiger partial charge in [-0.1, -0.05) is 18.2 Å². The summed E-state index contributed by atoms with van der Waals surface area (Å²) in [5.41, 5.74) is 0.892. The lowest BCUT2D eigenvalue weighted by molar-refractivity contribution is -0.119. The molecular formula is C13H13NO2S2. The second-order valence-corrected chi connectivity index (χ2v) is 6.93. The fourth-order valence-electron chi connectivity index (χ4n) is 2.14. The van der Waals surface area contributed by atoms with Crippen LogP contribution in [0.15, 0.2) is 22.5 Å². The van der Waals surface area contributed by atoms with E-state index in [-0.39, 0.29) is 11.0 Å². The second kappa shape index (κ2) is 4.90. The van der Waals surface area contributed by atoms with Crippen molar-refractivity contribution in [2.24, 2.45) is 0 Å². The molecule has 5 heteroatoms. The van der Waals surface area contributed by atoms with Gasteiger partial charge in [0, 0.05) is 6.42 Å². The van der Waals surface area contributed by atoms with Crippen LogP contribution in [0.3, 0.4) is 0 Å². The van der Waals surface area contributed by atoms with E-state index in [4.69, 9.17) is 0 Å². The van der Waals surface area contributed by atoms with Crippen molar-refractivity contribution < 1.29 is 9.90 Å². The molecule has 2 aromatic rings. The zero-order valence-electron chi connectivity index (χ0n) is 9.76. The summed E-state index contributed by atoms with van der Waals surface area (Å²) in [5, 5.41) is 9.50. The van der Waals surface area contributed by atoms with E-state index in [1.165, 1.54) is 0 Å². The number of ketones is 1. The van der Waals surface area contributed by atoms with Gasteiger partial charge in [-0.25, -0.2) is 4.98 Å². The second-order valence-electron chi connectivity index (χ2n) is 4.45. The maximum Gasteiger partial charge on any atom is 0.151 e. The van der Waals surface area contributed by atoms with Gasteiger partial charge < -0.3 is 5.11 Å². The van der Waals surface area contributed by atoms with Crippen molar-refractivity contribution in [2.75, 3.05) is 0 Å². The molecular weight excluding hydrogens is 266 g/mol. The van der Waals surface area contributed by atoms with Crippen LogP contribution in [0.25, 0.3) is 10.2 Å². The van der Waals surface area contributed by atoms with E-state index in [9.17, 15) is 9.90 Å². The molecule has 0 saturated heterocycles. The van der Waals surface area contributed by atoms with Crippen molar-refractivity contribution in [3.63, 3.8) is 0 Å². The molecule has 0 spiro atoms. The number of carbonyl (C=O) groups excluding carboxylic acids is 1. The number of aromatic nitrogens is 1. The number of hydrogen-bond donors (Lipinski definition) is 1. The molecule has 1 aromatic heterocycles. The summed E-state index contributed by atoms with van der Waals surface area (Å²) in [5.74, 6) is 0.616. The lowest BCUT2D eigenvalue weighted by Gasteiger charge is -2.18. The fraction of sp³-hybridized carbons (Fsp3) is 0.385. The molecule has 1 atom stereocenters. The Morgan fingerprint density at radius 3 is 3.11 bits per heavy atom. The average molecular weight is 279 g/mol. The van der Waals surface area contributed by atoms with Gasteiger partial charge in [0.1, 0.15) is 11.5 Å². The Labute approximate surface area is 113 Å². The Balaban J connectivity index is 1.84. The van der Waals surface area contributed by atoms with Crippen molar-refractivity contribution in [3.8, 4) is 5.75 Å². The maximum atomic E-state index is 11.8. The Morgan fingerprint density at radius 1 is 1.39 bits per heavy atom. The number of nitrogens with zero attached hydrogens (tertiary/aromatic N) is 1. The summed E-state index contributed by atoms with van der Waals surface area (Å²) >= 11 is 3.13. The normalized spacial score (nSPS) is 20.4. The van der Waals surface area contributed by atoms with Crippen LogP contribution >= 0.6 is 23.1 Å². The van der Waals surface area contributed by atoms with Gasteiger partial charge in [0.2, 0.25) is 0 Å². The predicted molar refractivity (Wildman–Crippen MR) is 74.4 cm³/mol. The number of Topliss-reactive ketones (excluding diaryl/α,β-unsaturated/α-hetero) is 1. The Morgan fingerprint density at radius 2 is 2.28 bits per heavy atom. The number of rotatable bonds is 2. The quantitative estimate of drug-likeness (QED) is 0.912. The van der Waals surface area contributed by atoms with Crippen molar-refractivity contribution in [3.05, 3.63) is 18.2 Å². The van der Waals surface area contributed by atoms with Crippen molar-refractivity contribution in [1.82, 2.24) is 4.98 Å². The molecule has 18 heavy (non-hydrogen) atoms. The highest BCUT2D eigenvalue weighted by atomic mass is 32.2. The van der Waals surface area contributed by atoms with Crippen LogP contribution in [0, 0.1) is 0 Å². The number of fused-ring (bicyclic) bond motifs is 1. The number of thiazole rings is 1. The lowest BCUT2D eigenvalue weighted by atomic mass is 9.99. The number of carbonyl (C=O) groups is 1. The number of phenols is 1. The number of hydrogen-bond acceptors (Lipinski definition) is 5. The van der Waals surface area contributed by atoms with E-state index in [1.54, 1.807) is 35.2 Å². The van der Waals surface area contributed by atoms with E-state index in [0.29, 0.717) is 12.2 Å². The number of phenolic OH excluding ortho intramolecular Hbond substituents is 1. The maximum absolute atomic E-state index is 11.8. The van der Waals surface area contributed by atoms with Gasteiger partial charge in [-0.05, 0) is 31.0 Å². The monoisotopic (exact) mass is 279 g/mol. The third-order valence-corrected chi connectivity index (χ3v) is 5.52. The summed E-state index contributed by atoms with van der Waals surface area (Å²) < 4.78 is 1.90. The first-order valence-corrected chi connectivity index (χ1v) is 7.71. The highest BCUT2D eigenvalue weighted by molar-refractivity contribution is 8.02. The number of thioether (sulfide) groups is 1. The molecule has 1 heterocycles. The number of aromatic hydroxyl groups is 1. The Hall–Kier alpha value is -1.07. The summed E-state index contributed by atoms with van der Waals surface area (Å²) in [6.45, 7) is 0. The molecule has 0 amide bonds. The molecule has 1 aliphatic rings. The summed E-state index contributed by atoms with van der Waals surface area (Å²) in [6, 6.07) is 5.18. The highest BCUT2D eigenvalue weighted by Crippen LogP contribution is 2.37. The van der Waals surface area contributed by atoms with E-state index >= 15 is 0 Å². The van der Waals surface area contributed by atoms with Crippen LogP contribution in [-0.4, -0.2) is 21.1 Å². The molecule has 1 aromatic carbocycles. The third-order valence-electron chi connectivity index (χ3n) is 3.09. The van der Waals surface area contributed by atoms with Crippen LogP contribution in [0.2, 0.25) is 0 Å². The van der Waals surface area contributed by atoms with Gasteiger partial charge in [-0.2, -0.15) is 0 Å². The molecule has 0 bridgehead atoms. The zero-order valence-corrected chi connectivity index (χ0v) is 11.4. The molecule has 1 N–H and O–H groups in total. The smallest absolute Gasteiger partial charge is 0.151 e. The Kier molecular flexibility index (Phi) is 3.26. The molecule has 0 aliphatic heterocycles. The van der Waals surface area contributed by atoms with Gasteiger partial charge in [0.15, 0.2) is 4.34 Å². The molecule has 1 saturated carbocycles. The largest absolute Gasteiger partial charge is 0.508 e. The average Bonchev–Trinajstić information content (AvgIpc) is 2.73. The first kappa shape index (κ1) is 12.0. The van der Waals surface area contributed by atoms with E-state index < -0.39 is 0 Å². The van der Waals surface area contributed by atoms with Crippen LogP contribution in [-0.2, 0) is 4.79 Å². The molecule has 1 unspecified atom stereocenters. The van der Waals surface area contributed by atoms with Crippen LogP contribution in [0.4, 0.5) is 0 Å². The molecule has 3 rings (SSSR count). The van der Waals surface area contributed by atoms with Gasteiger partial charge >= 0.3 is 0 Å². The highest BCUT2D eigenvalue weighted by Gasteiger charge is 2.24. The van der Waals surface area contributed by atoms with E-state index in [0.717, 1.165) is 33.8 Å². The molecule has 3 nitrogen and oxygen atoms in total. The van der Waals surface area contributed by atoms with Gasteiger partial charge in [-0.15, -0.1) is 11.3 Å². The minimum Gasteiger partial charge on any atom is -0.508 e. The first-order chi connectivity index (χ1) is 8.72. The minimum atomic E-state index is 0.0768. The van der Waals surface area contributed by atoms with Crippen molar-refractivity contribution >= 4 is 39.1 Å². The van der Waals surface area contributed by atoms with E-state index in [2.05, 4.69) is 4.98 Å². The summed E-state index contributed by atoms with van der Waals surface area (Å²) in [6.07, 6.45) is 3.84. The zero-order chi connectivity index (χ0) is 12.5. The molecule has 94 valence electrons. The fourth-order valence-corrected chi connectivity index (χ4v) is 4.61. The molecule has 1 fully saturated rings. The van der Waals surface area contributed by atoms with Crippen molar-refractivity contribution in [2.45, 2.75) is 35.3 Å². The summed E-state index contributed by atoms with van der Waals surface area (Å²) in [7, 11) is 0. The SMILES string of the molecule is O=C1CCCCC1Sc1nc2ccc(O)cc2s1.